The van der Waals surface area contributed by atoms with Gasteiger partial charge in [0.25, 0.3) is 5.91 Å². The number of likely N-dealkylation sites (tertiary alicyclic amines) is 1. The van der Waals surface area contributed by atoms with E-state index < -0.39 is 0 Å². The quantitative estimate of drug-likeness (QED) is 0.138. The smallest absolute Gasteiger partial charge is 0.324 e. The Kier molecular flexibility index (Phi) is 9.53. The molecule has 3 aromatic carbocycles. The fourth-order valence-electron chi connectivity index (χ4n) is 6.08. The summed E-state index contributed by atoms with van der Waals surface area (Å²) in [5, 5.41) is 15.7. The van der Waals surface area contributed by atoms with Crippen molar-refractivity contribution < 1.29 is 14.3 Å². The van der Waals surface area contributed by atoms with E-state index >= 15 is 0 Å². The highest BCUT2D eigenvalue weighted by Crippen LogP contribution is 2.33. The lowest BCUT2D eigenvalue weighted by Crippen LogP contribution is -2.28. The van der Waals surface area contributed by atoms with Crippen molar-refractivity contribution in [1.82, 2.24) is 29.6 Å². The Hall–Kier alpha value is -6.30. The number of hydrogen-bond donors (Lipinski definition) is 3. The van der Waals surface area contributed by atoms with Gasteiger partial charge in [-0.15, -0.1) is 0 Å². The van der Waals surface area contributed by atoms with Gasteiger partial charge in [0, 0.05) is 41.5 Å². The Morgan fingerprint density at radius 3 is 2.38 bits per heavy atom. The summed E-state index contributed by atoms with van der Waals surface area (Å²) in [5.74, 6) is 2.20. The normalized spacial score (nSPS) is 12.9. The molecule has 0 atom stereocenters. The van der Waals surface area contributed by atoms with E-state index in [9.17, 15) is 9.59 Å². The Bertz CT molecular complexity index is 2240. The molecule has 0 saturated carbocycles. The highest BCUT2D eigenvalue weighted by atomic mass is 16.5. The number of benzene rings is 3. The summed E-state index contributed by atoms with van der Waals surface area (Å²) in [5.41, 5.74) is 4.47. The van der Waals surface area contributed by atoms with E-state index in [1.807, 2.05) is 85.8 Å². The van der Waals surface area contributed by atoms with Crippen LogP contribution in [0, 0.1) is 6.92 Å². The Labute approximate surface area is 302 Å². The topological polar surface area (TPSA) is 139 Å². The molecule has 3 N–H and O–H groups in total. The Balaban J connectivity index is 1.03. The fraction of sp³-hybridized carbons (Fsp3) is 0.250. The molecule has 1 aliphatic heterocycles. The van der Waals surface area contributed by atoms with Gasteiger partial charge in [-0.3, -0.25) is 10.1 Å². The SMILES string of the molecule is Cc1cccc(-n2nc(C(C)(C)C)cc2NC(=O)Nc2ccc(OCc3ccnc(Nc4cnc(C(=O)N5CCCC5)cn4)c3)c3ccccc23)c1. The molecule has 7 rings (SSSR count). The number of anilines is 4. The molecule has 0 unspecified atom stereocenters. The molecule has 3 amide bonds. The lowest BCUT2D eigenvalue weighted by Gasteiger charge is -2.15. The largest absolute Gasteiger partial charge is 0.488 e. The number of aromatic nitrogens is 5. The van der Waals surface area contributed by atoms with E-state index in [4.69, 9.17) is 9.84 Å². The molecule has 12 nitrogen and oxygen atoms in total. The maximum atomic E-state index is 13.5. The molecule has 1 fully saturated rings. The zero-order valence-corrected chi connectivity index (χ0v) is 29.7. The zero-order valence-electron chi connectivity index (χ0n) is 29.7. The van der Waals surface area contributed by atoms with Crippen molar-refractivity contribution in [3.63, 3.8) is 0 Å². The van der Waals surface area contributed by atoms with Gasteiger partial charge in [-0.1, -0.05) is 57.2 Å². The van der Waals surface area contributed by atoms with Crippen LogP contribution in [0.1, 0.15) is 60.9 Å². The van der Waals surface area contributed by atoms with Crippen molar-refractivity contribution >= 4 is 45.9 Å². The van der Waals surface area contributed by atoms with E-state index in [0.29, 0.717) is 34.6 Å². The number of pyridine rings is 1. The third kappa shape index (κ3) is 7.70. The number of carbonyl (C=O) groups is 2. The van der Waals surface area contributed by atoms with Crippen LogP contribution in [0.15, 0.2) is 97.5 Å². The molecule has 3 aromatic heterocycles. The van der Waals surface area contributed by atoms with Crippen LogP contribution in [0.3, 0.4) is 0 Å². The molecule has 6 aromatic rings. The summed E-state index contributed by atoms with van der Waals surface area (Å²) in [6.45, 7) is 10.1. The average molecular weight is 696 g/mol. The molecule has 12 heteroatoms. The van der Waals surface area contributed by atoms with Gasteiger partial charge in [-0.2, -0.15) is 5.10 Å². The minimum Gasteiger partial charge on any atom is -0.488 e. The van der Waals surface area contributed by atoms with Crippen LogP contribution in [0.5, 0.6) is 5.75 Å². The third-order valence-electron chi connectivity index (χ3n) is 8.84. The molecule has 1 aliphatic rings. The fourth-order valence-corrected chi connectivity index (χ4v) is 6.08. The van der Waals surface area contributed by atoms with Crippen molar-refractivity contribution in [2.24, 2.45) is 0 Å². The molecule has 0 aliphatic carbocycles. The lowest BCUT2D eigenvalue weighted by atomic mass is 9.92. The molecular weight excluding hydrogens is 654 g/mol. The van der Waals surface area contributed by atoms with E-state index in [-0.39, 0.29) is 24.0 Å². The van der Waals surface area contributed by atoms with Crippen molar-refractivity contribution in [1.29, 1.82) is 0 Å². The Morgan fingerprint density at radius 2 is 1.63 bits per heavy atom. The number of ether oxygens (including phenoxy) is 1. The molecule has 0 spiro atoms. The van der Waals surface area contributed by atoms with Crippen LogP contribution < -0.4 is 20.7 Å². The minimum atomic E-state index is -0.387. The molecule has 1 saturated heterocycles. The second-order valence-corrected chi connectivity index (χ2v) is 13.9. The van der Waals surface area contributed by atoms with Gasteiger partial charge in [0.2, 0.25) is 0 Å². The third-order valence-corrected chi connectivity index (χ3v) is 8.84. The number of fused-ring (bicyclic) bond motifs is 1. The van der Waals surface area contributed by atoms with Crippen molar-refractivity contribution in [2.45, 2.75) is 52.6 Å². The number of rotatable bonds is 9. The molecule has 0 radical (unpaired) electrons. The summed E-state index contributed by atoms with van der Waals surface area (Å²) >= 11 is 0. The van der Waals surface area contributed by atoms with Gasteiger partial charge in [0.05, 0.1) is 29.5 Å². The number of aryl methyl sites for hydroxylation is 1. The first-order valence-electron chi connectivity index (χ1n) is 17.3. The summed E-state index contributed by atoms with van der Waals surface area (Å²) < 4.78 is 8.07. The van der Waals surface area contributed by atoms with Crippen LogP contribution >= 0.6 is 0 Å². The van der Waals surface area contributed by atoms with Gasteiger partial charge in [-0.25, -0.2) is 24.4 Å². The highest BCUT2D eigenvalue weighted by Gasteiger charge is 2.23. The van der Waals surface area contributed by atoms with E-state index in [2.05, 4.69) is 51.7 Å². The number of hydrogen-bond acceptors (Lipinski definition) is 8. The number of amides is 3. The summed E-state index contributed by atoms with van der Waals surface area (Å²) in [4.78, 5) is 41.0. The predicted molar refractivity (Wildman–Crippen MR) is 203 cm³/mol. The zero-order chi connectivity index (χ0) is 36.2. The highest BCUT2D eigenvalue weighted by molar-refractivity contribution is 6.07. The van der Waals surface area contributed by atoms with E-state index in [0.717, 1.165) is 59.2 Å². The maximum absolute atomic E-state index is 13.5. The number of nitrogens with zero attached hydrogens (tertiary/aromatic N) is 6. The number of carbonyl (C=O) groups excluding carboxylic acids is 2. The first-order valence-corrected chi connectivity index (χ1v) is 17.3. The van der Waals surface area contributed by atoms with Crippen LogP contribution in [0.2, 0.25) is 0 Å². The van der Waals surface area contributed by atoms with Gasteiger partial charge < -0.3 is 20.3 Å². The average Bonchev–Trinajstić information content (AvgIpc) is 3.83. The molecule has 52 heavy (non-hydrogen) atoms. The number of nitrogens with one attached hydrogen (secondary N) is 3. The standard InChI is InChI=1S/C40H41N9O3/c1-26-10-9-11-28(20-26)49-37(22-34(47-49)40(2,3)4)46-39(51)44-31-14-15-33(30-13-6-5-12-29(30)31)52-25-27-16-17-41-35(21-27)45-36-24-42-32(23-43-36)38(50)48-18-7-8-19-48/h5-6,9-17,20-24H,7-8,18-19,25H2,1-4H3,(H,41,43,45)(H2,44,46,51). The lowest BCUT2D eigenvalue weighted by molar-refractivity contribution is 0.0786. The molecule has 264 valence electrons. The monoisotopic (exact) mass is 695 g/mol. The number of urea groups is 1. The van der Waals surface area contributed by atoms with Gasteiger partial charge >= 0.3 is 6.03 Å². The van der Waals surface area contributed by atoms with Crippen molar-refractivity contribution in [3.05, 3.63) is 120 Å². The predicted octanol–water partition coefficient (Wildman–Crippen LogP) is 8.02. The summed E-state index contributed by atoms with van der Waals surface area (Å²) in [6.07, 6.45) is 6.76. The summed E-state index contributed by atoms with van der Waals surface area (Å²) in [6, 6.07) is 24.8. The molecular formula is C40H41N9O3. The van der Waals surface area contributed by atoms with E-state index in [1.54, 1.807) is 15.8 Å². The van der Waals surface area contributed by atoms with Gasteiger partial charge in [0.15, 0.2) is 0 Å². The van der Waals surface area contributed by atoms with Gasteiger partial charge in [0.1, 0.15) is 35.5 Å². The van der Waals surface area contributed by atoms with Crippen LogP contribution in [0.4, 0.5) is 27.9 Å². The first kappa shape index (κ1) is 34.2. The van der Waals surface area contributed by atoms with Crippen LogP contribution in [0.25, 0.3) is 16.5 Å². The van der Waals surface area contributed by atoms with Crippen LogP contribution in [-0.2, 0) is 12.0 Å². The first-order chi connectivity index (χ1) is 25.1. The van der Waals surface area contributed by atoms with Crippen molar-refractivity contribution in [3.8, 4) is 11.4 Å². The molecule has 0 bridgehead atoms. The second kappa shape index (κ2) is 14.5. The van der Waals surface area contributed by atoms with Crippen LogP contribution in [-0.4, -0.2) is 54.7 Å². The van der Waals surface area contributed by atoms with Crippen molar-refractivity contribution in [2.75, 3.05) is 29.0 Å². The maximum Gasteiger partial charge on any atom is 0.324 e. The minimum absolute atomic E-state index is 0.0924. The van der Waals surface area contributed by atoms with E-state index in [1.165, 1.54) is 12.4 Å². The summed E-state index contributed by atoms with van der Waals surface area (Å²) in [7, 11) is 0. The Morgan fingerprint density at radius 1 is 0.827 bits per heavy atom. The van der Waals surface area contributed by atoms with Gasteiger partial charge in [-0.05, 0) is 67.3 Å². The molecule has 4 heterocycles. The second-order valence-electron chi connectivity index (χ2n) is 13.9.